The van der Waals surface area contributed by atoms with Crippen LogP contribution in [0.3, 0.4) is 0 Å². The minimum atomic E-state index is 0.245. The molecule has 1 aromatic carbocycles. The summed E-state index contributed by atoms with van der Waals surface area (Å²) in [7, 11) is 3.80. The summed E-state index contributed by atoms with van der Waals surface area (Å²) >= 11 is 1.75. The summed E-state index contributed by atoms with van der Waals surface area (Å²) in [6.45, 7) is 5.43. The molecule has 1 aliphatic heterocycles. The van der Waals surface area contributed by atoms with Crippen molar-refractivity contribution >= 4 is 23.6 Å². The molecule has 0 aliphatic carbocycles. The number of hydrogen-bond acceptors (Lipinski definition) is 3. The Morgan fingerprint density at radius 3 is 2.73 bits per heavy atom. The number of carbonyl (C=O) groups excluding carboxylic acids is 1. The summed E-state index contributed by atoms with van der Waals surface area (Å²) in [5, 5.41) is 3.32. The average Bonchev–Trinajstić information content (AvgIpc) is 2.65. The third-order valence-corrected chi connectivity index (χ3v) is 5.53. The number of rotatable bonds is 6. The summed E-state index contributed by atoms with van der Waals surface area (Å²) in [5.74, 6) is 1.69. The molecule has 26 heavy (non-hydrogen) atoms. The molecule has 1 saturated heterocycles. The monoisotopic (exact) mass is 376 g/mol. The molecule has 1 fully saturated rings. The number of aliphatic imine (C=N–C) groups is 1. The molecular weight excluding hydrogens is 344 g/mol. The lowest BCUT2D eigenvalue weighted by Crippen LogP contribution is -2.42. The Labute approximate surface area is 162 Å². The molecule has 1 atom stereocenters. The lowest BCUT2D eigenvalue weighted by Gasteiger charge is -2.31. The predicted octanol–water partition coefficient (Wildman–Crippen LogP) is 3.06. The van der Waals surface area contributed by atoms with E-state index < -0.39 is 0 Å². The van der Waals surface area contributed by atoms with E-state index in [4.69, 9.17) is 0 Å². The van der Waals surface area contributed by atoms with Gasteiger partial charge in [-0.3, -0.25) is 9.79 Å². The number of amides is 1. The van der Waals surface area contributed by atoms with Crippen LogP contribution in [0, 0.1) is 5.92 Å². The van der Waals surface area contributed by atoms with Gasteiger partial charge in [-0.1, -0.05) is 19.1 Å². The molecule has 0 bridgehead atoms. The van der Waals surface area contributed by atoms with Gasteiger partial charge in [0.1, 0.15) is 0 Å². The van der Waals surface area contributed by atoms with Crippen molar-refractivity contribution in [1.82, 2.24) is 15.1 Å². The SMILES string of the molecule is CN=C(NCCC(=O)N1CCCC(C)C1)N(C)Cc1ccc(SC)cc1. The van der Waals surface area contributed by atoms with E-state index in [1.165, 1.54) is 16.9 Å². The Balaban J connectivity index is 1.77. The fourth-order valence-corrected chi connectivity index (χ4v) is 3.73. The van der Waals surface area contributed by atoms with Gasteiger partial charge in [0.15, 0.2) is 5.96 Å². The molecule has 1 unspecified atom stereocenters. The van der Waals surface area contributed by atoms with Gasteiger partial charge in [-0.15, -0.1) is 11.8 Å². The zero-order valence-corrected chi connectivity index (χ0v) is 17.3. The zero-order chi connectivity index (χ0) is 18.9. The number of piperidine rings is 1. The fourth-order valence-electron chi connectivity index (χ4n) is 3.32. The zero-order valence-electron chi connectivity index (χ0n) is 16.5. The van der Waals surface area contributed by atoms with Gasteiger partial charge in [-0.05, 0) is 42.7 Å². The maximum Gasteiger partial charge on any atom is 0.224 e. The van der Waals surface area contributed by atoms with E-state index in [0.29, 0.717) is 18.9 Å². The van der Waals surface area contributed by atoms with E-state index in [1.807, 2.05) is 11.9 Å². The van der Waals surface area contributed by atoms with E-state index in [1.54, 1.807) is 18.8 Å². The van der Waals surface area contributed by atoms with Gasteiger partial charge >= 0.3 is 0 Å². The van der Waals surface area contributed by atoms with Crippen molar-refractivity contribution in [3.05, 3.63) is 29.8 Å². The highest BCUT2D eigenvalue weighted by molar-refractivity contribution is 7.98. The molecular formula is C20H32N4OS. The second kappa shape index (κ2) is 10.5. The molecule has 2 rings (SSSR count). The molecule has 1 N–H and O–H groups in total. The first-order valence-electron chi connectivity index (χ1n) is 9.36. The normalized spacial score (nSPS) is 17.9. The topological polar surface area (TPSA) is 47.9 Å². The molecule has 6 heteroatoms. The van der Waals surface area contributed by atoms with Crippen LogP contribution in [-0.2, 0) is 11.3 Å². The molecule has 1 amide bonds. The van der Waals surface area contributed by atoms with Gasteiger partial charge < -0.3 is 15.1 Å². The van der Waals surface area contributed by atoms with Crippen LogP contribution in [0.2, 0.25) is 0 Å². The van der Waals surface area contributed by atoms with Crippen LogP contribution in [0.25, 0.3) is 0 Å². The maximum atomic E-state index is 12.4. The molecule has 144 valence electrons. The average molecular weight is 377 g/mol. The Bertz CT molecular complexity index is 602. The Morgan fingerprint density at radius 2 is 2.12 bits per heavy atom. The third kappa shape index (κ3) is 6.24. The van der Waals surface area contributed by atoms with Crippen molar-refractivity contribution in [2.45, 2.75) is 37.6 Å². The van der Waals surface area contributed by atoms with Gasteiger partial charge in [-0.25, -0.2) is 0 Å². The quantitative estimate of drug-likeness (QED) is 0.471. The van der Waals surface area contributed by atoms with Crippen molar-refractivity contribution in [1.29, 1.82) is 0 Å². The van der Waals surface area contributed by atoms with Crippen molar-refractivity contribution in [3.8, 4) is 0 Å². The van der Waals surface area contributed by atoms with Crippen LogP contribution < -0.4 is 5.32 Å². The van der Waals surface area contributed by atoms with Crippen LogP contribution in [0.15, 0.2) is 34.2 Å². The molecule has 0 aromatic heterocycles. The first-order chi connectivity index (χ1) is 12.5. The van der Waals surface area contributed by atoms with E-state index in [9.17, 15) is 4.79 Å². The summed E-state index contributed by atoms with van der Waals surface area (Å²) in [5.41, 5.74) is 1.24. The minimum Gasteiger partial charge on any atom is -0.356 e. The van der Waals surface area contributed by atoms with E-state index >= 15 is 0 Å². The number of carbonyl (C=O) groups is 1. The lowest BCUT2D eigenvalue weighted by molar-refractivity contribution is -0.132. The molecule has 1 aromatic rings. The standard InChI is InChI=1S/C20H32N4OS/c1-16-6-5-13-24(14-16)19(25)11-12-22-20(21-2)23(3)15-17-7-9-18(26-4)10-8-17/h7-10,16H,5-6,11-15H2,1-4H3,(H,21,22). The molecule has 5 nitrogen and oxygen atoms in total. The van der Waals surface area contributed by atoms with Gasteiger partial charge in [0.25, 0.3) is 0 Å². The third-order valence-electron chi connectivity index (χ3n) is 4.78. The molecule has 1 aliphatic rings. The number of nitrogens with one attached hydrogen (secondary N) is 1. The highest BCUT2D eigenvalue weighted by Gasteiger charge is 2.20. The van der Waals surface area contributed by atoms with E-state index in [-0.39, 0.29) is 5.91 Å². The summed E-state index contributed by atoms with van der Waals surface area (Å²) in [6.07, 6.45) is 4.96. The first-order valence-corrected chi connectivity index (χ1v) is 10.6. The number of hydrogen-bond donors (Lipinski definition) is 1. The highest BCUT2D eigenvalue weighted by atomic mass is 32.2. The smallest absolute Gasteiger partial charge is 0.224 e. The van der Waals surface area contributed by atoms with Gasteiger partial charge in [-0.2, -0.15) is 0 Å². The van der Waals surface area contributed by atoms with E-state index in [2.05, 4.69) is 52.7 Å². The molecule has 1 heterocycles. The minimum absolute atomic E-state index is 0.245. The molecule has 0 radical (unpaired) electrons. The van der Waals surface area contributed by atoms with Crippen molar-refractivity contribution in [2.24, 2.45) is 10.9 Å². The van der Waals surface area contributed by atoms with Crippen molar-refractivity contribution in [2.75, 3.05) is 40.0 Å². The Kier molecular flexibility index (Phi) is 8.29. The van der Waals surface area contributed by atoms with Crippen LogP contribution in [0.4, 0.5) is 0 Å². The van der Waals surface area contributed by atoms with Crippen LogP contribution in [-0.4, -0.2) is 61.7 Å². The van der Waals surface area contributed by atoms with E-state index in [0.717, 1.165) is 32.0 Å². The first kappa shape index (κ1) is 20.6. The predicted molar refractivity (Wildman–Crippen MR) is 111 cm³/mol. The fraction of sp³-hybridized carbons (Fsp3) is 0.600. The summed E-state index contributed by atoms with van der Waals surface area (Å²) < 4.78 is 0. The van der Waals surface area contributed by atoms with Crippen LogP contribution >= 0.6 is 11.8 Å². The number of likely N-dealkylation sites (tertiary alicyclic amines) is 1. The maximum absolute atomic E-state index is 12.4. The van der Waals surface area contributed by atoms with Crippen molar-refractivity contribution < 1.29 is 4.79 Å². The second-order valence-electron chi connectivity index (χ2n) is 7.02. The van der Waals surface area contributed by atoms with Gasteiger partial charge in [0.05, 0.1) is 0 Å². The highest BCUT2D eigenvalue weighted by Crippen LogP contribution is 2.16. The largest absolute Gasteiger partial charge is 0.356 e. The van der Waals surface area contributed by atoms with Crippen LogP contribution in [0.5, 0.6) is 0 Å². The Hall–Kier alpha value is -1.69. The van der Waals surface area contributed by atoms with Crippen LogP contribution in [0.1, 0.15) is 31.7 Å². The number of nitrogens with zero attached hydrogens (tertiary/aromatic N) is 3. The Morgan fingerprint density at radius 1 is 1.38 bits per heavy atom. The second-order valence-corrected chi connectivity index (χ2v) is 7.89. The summed E-state index contributed by atoms with van der Waals surface area (Å²) in [6, 6.07) is 8.58. The summed E-state index contributed by atoms with van der Waals surface area (Å²) in [4.78, 5) is 22.1. The van der Waals surface area contributed by atoms with Crippen molar-refractivity contribution in [3.63, 3.8) is 0 Å². The number of guanidine groups is 1. The van der Waals surface area contributed by atoms with Gasteiger partial charge in [0.2, 0.25) is 5.91 Å². The lowest BCUT2D eigenvalue weighted by atomic mass is 10.00. The molecule has 0 saturated carbocycles. The number of thioether (sulfide) groups is 1. The van der Waals surface area contributed by atoms with Gasteiger partial charge in [0, 0.05) is 51.6 Å². The number of benzene rings is 1. The molecule has 0 spiro atoms.